The second-order valence-corrected chi connectivity index (χ2v) is 9.36. The van der Waals surface area contributed by atoms with Gasteiger partial charge in [0.15, 0.2) is 5.65 Å². The Balaban J connectivity index is 1.41. The Bertz CT molecular complexity index is 1510. The van der Waals surface area contributed by atoms with Gasteiger partial charge < -0.3 is 9.88 Å². The van der Waals surface area contributed by atoms with Gasteiger partial charge in [0.1, 0.15) is 5.65 Å². The highest BCUT2D eigenvalue weighted by Gasteiger charge is 2.28. The molecule has 8 heteroatoms. The SMILES string of the molecule is CCC(=O)N1CCC(c2nc3c(-c4ccc(-c5ccccc5)nc4)cnn3c3[nH]cc(Cl)c23)CC1. The average molecular weight is 485 g/mol. The predicted octanol–water partition coefficient (Wildman–Crippen LogP) is 5.71. The van der Waals surface area contributed by atoms with Gasteiger partial charge in [-0.15, -0.1) is 0 Å². The van der Waals surface area contributed by atoms with Crippen molar-refractivity contribution in [3.05, 3.63) is 71.8 Å². The van der Waals surface area contributed by atoms with Gasteiger partial charge >= 0.3 is 0 Å². The van der Waals surface area contributed by atoms with Crippen molar-refractivity contribution in [2.45, 2.75) is 32.1 Å². The number of nitrogens with one attached hydrogen (secondary N) is 1. The van der Waals surface area contributed by atoms with Crippen LogP contribution < -0.4 is 0 Å². The number of carbonyl (C=O) groups excluding carboxylic acids is 1. The molecule has 7 nitrogen and oxygen atoms in total. The van der Waals surface area contributed by atoms with Crippen LogP contribution in [0, 0.1) is 0 Å². The standard InChI is InChI=1S/C27H25ClN6O/c1-2-23(35)33-12-10-18(11-13-33)25-24-21(28)16-30-27(24)34-26(32-25)20(15-31-34)19-8-9-22(29-14-19)17-6-4-3-5-7-17/h3-9,14-16,18,30H,2,10-13H2,1H3. The third-order valence-corrected chi connectivity index (χ3v) is 7.23. The van der Waals surface area contributed by atoms with Gasteiger partial charge in [-0.1, -0.05) is 54.9 Å². The molecule has 0 unspecified atom stereocenters. The molecule has 35 heavy (non-hydrogen) atoms. The van der Waals surface area contributed by atoms with Gasteiger partial charge in [0.05, 0.1) is 28.0 Å². The number of nitrogens with zero attached hydrogens (tertiary/aromatic N) is 5. The summed E-state index contributed by atoms with van der Waals surface area (Å²) in [4.78, 5) is 27.2. The molecule has 5 aromatic rings. The van der Waals surface area contributed by atoms with Gasteiger partial charge in [0, 0.05) is 54.5 Å². The normalized spacial score (nSPS) is 14.7. The van der Waals surface area contributed by atoms with E-state index in [9.17, 15) is 4.79 Å². The summed E-state index contributed by atoms with van der Waals surface area (Å²) in [6.45, 7) is 3.39. The van der Waals surface area contributed by atoms with E-state index >= 15 is 0 Å². The van der Waals surface area contributed by atoms with Crippen molar-refractivity contribution in [2.24, 2.45) is 0 Å². The maximum atomic E-state index is 12.2. The summed E-state index contributed by atoms with van der Waals surface area (Å²) < 4.78 is 1.82. The molecule has 176 valence electrons. The first kappa shape index (κ1) is 21.8. The summed E-state index contributed by atoms with van der Waals surface area (Å²) in [6.07, 6.45) is 7.78. The summed E-state index contributed by atoms with van der Waals surface area (Å²) in [5, 5.41) is 6.18. The fourth-order valence-electron chi connectivity index (χ4n) is 5.04. The Morgan fingerprint density at radius 2 is 1.89 bits per heavy atom. The lowest BCUT2D eigenvalue weighted by molar-refractivity contribution is -0.131. The first-order chi connectivity index (χ1) is 17.1. The van der Waals surface area contributed by atoms with E-state index < -0.39 is 0 Å². The highest BCUT2D eigenvalue weighted by molar-refractivity contribution is 6.35. The van der Waals surface area contributed by atoms with E-state index in [-0.39, 0.29) is 11.8 Å². The first-order valence-electron chi connectivity index (χ1n) is 12.0. The predicted molar refractivity (Wildman–Crippen MR) is 137 cm³/mol. The molecule has 0 atom stereocenters. The second-order valence-electron chi connectivity index (χ2n) is 8.96. The van der Waals surface area contributed by atoms with Gasteiger partial charge in [0.25, 0.3) is 0 Å². The number of pyridine rings is 1. The number of aromatic amines is 1. The average Bonchev–Trinajstić information content (AvgIpc) is 3.52. The molecule has 1 aliphatic rings. The molecular weight excluding hydrogens is 460 g/mol. The number of rotatable bonds is 4. The zero-order valence-electron chi connectivity index (χ0n) is 19.4. The Morgan fingerprint density at radius 3 is 2.60 bits per heavy atom. The second kappa shape index (κ2) is 8.82. The fraction of sp³-hybridized carbons (Fsp3) is 0.259. The number of hydrogen-bond acceptors (Lipinski definition) is 4. The van der Waals surface area contributed by atoms with Crippen LogP contribution in [0.2, 0.25) is 5.02 Å². The van der Waals surface area contributed by atoms with Crippen molar-refractivity contribution in [1.29, 1.82) is 0 Å². The number of piperidine rings is 1. The molecule has 0 spiro atoms. The number of benzene rings is 1. The van der Waals surface area contributed by atoms with Crippen molar-refractivity contribution in [1.82, 2.24) is 29.5 Å². The van der Waals surface area contributed by atoms with E-state index in [0.717, 1.165) is 70.7 Å². The van der Waals surface area contributed by atoms with Crippen LogP contribution in [0.1, 0.15) is 37.8 Å². The number of H-pyrrole nitrogens is 1. The molecule has 5 heterocycles. The number of hydrogen-bond donors (Lipinski definition) is 1. The van der Waals surface area contributed by atoms with Crippen LogP contribution in [-0.2, 0) is 4.79 Å². The maximum Gasteiger partial charge on any atom is 0.222 e. The van der Waals surface area contributed by atoms with E-state index in [0.29, 0.717) is 11.4 Å². The summed E-state index contributed by atoms with van der Waals surface area (Å²) in [7, 11) is 0. The Kier molecular flexibility index (Phi) is 5.49. The smallest absolute Gasteiger partial charge is 0.222 e. The number of halogens is 1. The maximum absolute atomic E-state index is 12.2. The van der Waals surface area contributed by atoms with Gasteiger partial charge in [0.2, 0.25) is 5.91 Å². The van der Waals surface area contributed by atoms with Gasteiger partial charge in [-0.2, -0.15) is 9.61 Å². The van der Waals surface area contributed by atoms with E-state index in [1.807, 2.05) is 53.0 Å². The molecule has 1 fully saturated rings. The zero-order chi connectivity index (χ0) is 23.9. The Labute approximate surface area is 207 Å². The molecule has 0 radical (unpaired) electrons. The van der Waals surface area contributed by atoms with Crippen LogP contribution in [-0.4, -0.2) is 48.5 Å². The van der Waals surface area contributed by atoms with Crippen LogP contribution in [0.15, 0.2) is 61.1 Å². The minimum Gasteiger partial charge on any atom is -0.344 e. The van der Waals surface area contributed by atoms with Crippen LogP contribution >= 0.6 is 11.6 Å². The van der Waals surface area contributed by atoms with E-state index in [2.05, 4.69) is 28.3 Å². The molecule has 0 bridgehead atoms. The van der Waals surface area contributed by atoms with Crippen LogP contribution in [0.3, 0.4) is 0 Å². The quantitative estimate of drug-likeness (QED) is 0.354. The van der Waals surface area contributed by atoms with E-state index in [1.54, 1.807) is 6.20 Å². The van der Waals surface area contributed by atoms with Gasteiger partial charge in [-0.3, -0.25) is 9.78 Å². The lowest BCUT2D eigenvalue weighted by Crippen LogP contribution is -2.37. The number of amides is 1. The number of likely N-dealkylation sites (tertiary alicyclic amines) is 1. The molecule has 0 aliphatic carbocycles. The molecule has 6 rings (SSSR count). The highest BCUT2D eigenvalue weighted by Crippen LogP contribution is 2.37. The Morgan fingerprint density at radius 1 is 1.09 bits per heavy atom. The zero-order valence-corrected chi connectivity index (χ0v) is 20.2. The van der Waals surface area contributed by atoms with E-state index in [4.69, 9.17) is 21.6 Å². The lowest BCUT2D eigenvalue weighted by atomic mass is 9.91. The van der Waals surface area contributed by atoms with Crippen molar-refractivity contribution in [3.63, 3.8) is 0 Å². The number of fused-ring (bicyclic) bond motifs is 3. The molecular formula is C27H25ClN6O. The van der Waals surface area contributed by atoms with Gasteiger partial charge in [-0.25, -0.2) is 4.98 Å². The van der Waals surface area contributed by atoms with Crippen LogP contribution in [0.25, 0.3) is 39.1 Å². The molecule has 1 aromatic carbocycles. The summed E-state index contributed by atoms with van der Waals surface area (Å²) in [5.74, 6) is 0.430. The lowest BCUT2D eigenvalue weighted by Gasteiger charge is -2.32. The van der Waals surface area contributed by atoms with Crippen molar-refractivity contribution in [2.75, 3.05) is 13.1 Å². The topological polar surface area (TPSA) is 79.2 Å². The molecule has 1 N–H and O–H groups in total. The highest BCUT2D eigenvalue weighted by atomic mass is 35.5. The molecule has 0 saturated carbocycles. The molecule has 1 saturated heterocycles. The van der Waals surface area contributed by atoms with Crippen molar-refractivity contribution >= 4 is 34.2 Å². The van der Waals surface area contributed by atoms with Gasteiger partial charge in [-0.05, 0) is 18.9 Å². The first-order valence-corrected chi connectivity index (χ1v) is 12.4. The van der Waals surface area contributed by atoms with Crippen molar-refractivity contribution in [3.8, 4) is 22.4 Å². The minimum absolute atomic E-state index is 0.209. The number of carbonyl (C=O) groups is 1. The molecule has 1 aliphatic heterocycles. The third kappa shape index (κ3) is 3.76. The Hall–Kier alpha value is -3.71. The van der Waals surface area contributed by atoms with E-state index in [1.165, 1.54) is 0 Å². The third-order valence-electron chi connectivity index (χ3n) is 6.93. The summed E-state index contributed by atoms with van der Waals surface area (Å²) in [6, 6.07) is 14.2. The minimum atomic E-state index is 0.209. The summed E-state index contributed by atoms with van der Waals surface area (Å²) in [5.41, 5.74) is 6.46. The van der Waals surface area contributed by atoms with Crippen LogP contribution in [0.4, 0.5) is 0 Å². The molecule has 4 aromatic heterocycles. The monoisotopic (exact) mass is 484 g/mol. The summed E-state index contributed by atoms with van der Waals surface area (Å²) >= 11 is 6.61. The number of aromatic nitrogens is 5. The van der Waals surface area contributed by atoms with Crippen LogP contribution in [0.5, 0.6) is 0 Å². The fourth-order valence-corrected chi connectivity index (χ4v) is 5.28. The van der Waals surface area contributed by atoms with Crippen molar-refractivity contribution < 1.29 is 4.79 Å². The largest absolute Gasteiger partial charge is 0.344 e. The molecule has 1 amide bonds.